The van der Waals surface area contributed by atoms with E-state index in [0.29, 0.717) is 12.8 Å². The van der Waals surface area contributed by atoms with Crippen molar-refractivity contribution in [2.45, 2.75) is 25.0 Å². The second-order valence-electron chi connectivity index (χ2n) is 4.51. The first-order chi connectivity index (χ1) is 10.0. The summed E-state index contributed by atoms with van der Waals surface area (Å²) in [6, 6.07) is 3.05. The third-order valence-electron chi connectivity index (χ3n) is 3.08. The Labute approximate surface area is 119 Å². The molecule has 0 aliphatic carbocycles. The first-order valence-electron chi connectivity index (χ1n) is 6.24. The zero-order valence-electron chi connectivity index (χ0n) is 11.0. The van der Waals surface area contributed by atoms with Crippen molar-refractivity contribution in [1.29, 1.82) is 0 Å². The summed E-state index contributed by atoms with van der Waals surface area (Å²) in [6.07, 6.45) is 0.0269. The number of nitro benzene ring substituents is 1. The van der Waals surface area contributed by atoms with E-state index < -0.39 is 28.4 Å². The second-order valence-corrected chi connectivity index (χ2v) is 4.51. The Kier molecular flexibility index (Phi) is 4.66. The average molecular weight is 299 g/mol. The summed E-state index contributed by atoms with van der Waals surface area (Å²) in [4.78, 5) is 21.4. The topological polar surface area (TPSA) is 117 Å². The predicted molar refractivity (Wildman–Crippen MR) is 68.8 cm³/mol. The molecule has 3 N–H and O–H groups in total. The molecule has 1 amide bonds. The molecular formula is C12H14FN3O5. The Morgan fingerprint density at radius 3 is 3.00 bits per heavy atom. The Morgan fingerprint density at radius 1 is 1.57 bits per heavy atom. The molecule has 114 valence electrons. The van der Waals surface area contributed by atoms with Crippen LogP contribution in [0.4, 0.5) is 10.1 Å². The van der Waals surface area contributed by atoms with Gasteiger partial charge >= 0.3 is 5.69 Å². The molecule has 2 atom stereocenters. The largest absolute Gasteiger partial charge is 0.484 e. The van der Waals surface area contributed by atoms with Gasteiger partial charge in [0.15, 0.2) is 5.75 Å². The summed E-state index contributed by atoms with van der Waals surface area (Å²) < 4.78 is 23.7. The molecule has 0 bridgehead atoms. The number of nitrogens with two attached hydrogens (primary N) is 1. The summed E-state index contributed by atoms with van der Waals surface area (Å²) in [5, 5.41) is 10.8. The molecule has 9 heteroatoms. The number of carbonyl (C=O) groups excluding carboxylic acids is 1. The Bertz CT molecular complexity index is 554. The molecule has 1 aromatic rings. The lowest BCUT2D eigenvalue weighted by atomic mass is 10.2. The number of nitro groups is 1. The van der Waals surface area contributed by atoms with E-state index in [9.17, 15) is 19.3 Å². The minimum absolute atomic E-state index is 0.0286. The van der Waals surface area contributed by atoms with Crippen molar-refractivity contribution in [2.24, 2.45) is 5.84 Å². The van der Waals surface area contributed by atoms with Crippen molar-refractivity contribution in [3.8, 4) is 5.75 Å². The van der Waals surface area contributed by atoms with E-state index >= 15 is 0 Å². The van der Waals surface area contributed by atoms with E-state index in [4.69, 9.17) is 15.3 Å². The third kappa shape index (κ3) is 3.64. The molecule has 21 heavy (non-hydrogen) atoms. The first-order valence-corrected chi connectivity index (χ1v) is 6.24. The van der Waals surface area contributed by atoms with Crippen LogP contribution in [0.2, 0.25) is 0 Å². The molecule has 0 saturated carbocycles. The lowest BCUT2D eigenvalue weighted by Crippen LogP contribution is -2.39. The van der Waals surface area contributed by atoms with E-state index in [1.165, 1.54) is 6.07 Å². The van der Waals surface area contributed by atoms with Crippen LogP contribution in [0.5, 0.6) is 5.75 Å². The summed E-state index contributed by atoms with van der Waals surface area (Å²) in [6.45, 7) is 0.0286. The van der Waals surface area contributed by atoms with Crippen LogP contribution < -0.4 is 16.0 Å². The summed E-state index contributed by atoms with van der Waals surface area (Å²) in [7, 11) is 0. The average Bonchev–Trinajstić information content (AvgIpc) is 2.93. The molecule has 1 fully saturated rings. The lowest BCUT2D eigenvalue weighted by Gasteiger charge is -2.13. The van der Waals surface area contributed by atoms with Gasteiger partial charge in [0, 0.05) is 0 Å². The maximum atomic E-state index is 13.0. The number of hydrogen-bond donors (Lipinski definition) is 2. The fourth-order valence-electron chi connectivity index (χ4n) is 2.05. The molecule has 8 nitrogen and oxygen atoms in total. The summed E-state index contributed by atoms with van der Waals surface area (Å²) in [5.41, 5.74) is 1.54. The van der Waals surface area contributed by atoms with Gasteiger partial charge < -0.3 is 9.47 Å². The van der Waals surface area contributed by atoms with Gasteiger partial charge in [-0.05, 0) is 25.0 Å². The number of carbonyl (C=O) groups is 1. The standard InChI is InChI=1S/C12H14FN3O5/c13-7-1-3-10(9(5-7)16(18)19)20-6-8-2-4-11(21-8)12(17)15-14/h1,3,5,8,11H,2,4,6,14H2,(H,15,17). The highest BCUT2D eigenvalue weighted by molar-refractivity contribution is 5.80. The smallest absolute Gasteiger partial charge is 0.313 e. The molecule has 1 heterocycles. The lowest BCUT2D eigenvalue weighted by molar-refractivity contribution is -0.386. The van der Waals surface area contributed by atoms with Crippen molar-refractivity contribution < 1.29 is 23.6 Å². The van der Waals surface area contributed by atoms with E-state index in [1.54, 1.807) is 0 Å². The van der Waals surface area contributed by atoms with Gasteiger partial charge in [-0.15, -0.1) is 0 Å². The minimum Gasteiger partial charge on any atom is -0.484 e. The highest BCUT2D eigenvalue weighted by atomic mass is 19.1. The van der Waals surface area contributed by atoms with Crippen molar-refractivity contribution >= 4 is 11.6 Å². The van der Waals surface area contributed by atoms with Gasteiger partial charge in [-0.25, -0.2) is 10.2 Å². The zero-order chi connectivity index (χ0) is 15.4. The van der Waals surface area contributed by atoms with Crippen LogP contribution in [0.1, 0.15) is 12.8 Å². The van der Waals surface area contributed by atoms with Gasteiger partial charge in [0.2, 0.25) is 0 Å². The van der Waals surface area contributed by atoms with Crippen molar-refractivity contribution in [3.63, 3.8) is 0 Å². The zero-order valence-corrected chi connectivity index (χ0v) is 11.0. The summed E-state index contributed by atoms with van der Waals surface area (Å²) >= 11 is 0. The normalized spacial score (nSPS) is 21.0. The maximum absolute atomic E-state index is 13.0. The number of halogens is 1. The van der Waals surface area contributed by atoms with Crippen molar-refractivity contribution in [2.75, 3.05) is 6.61 Å². The number of hydrogen-bond acceptors (Lipinski definition) is 6. The number of benzene rings is 1. The fourth-order valence-corrected chi connectivity index (χ4v) is 2.05. The SMILES string of the molecule is NNC(=O)C1CCC(COc2ccc(F)cc2[N+](=O)[O-])O1. The Hall–Kier alpha value is -2.26. The van der Waals surface area contributed by atoms with Crippen molar-refractivity contribution in [3.05, 3.63) is 34.1 Å². The molecule has 1 aliphatic rings. The van der Waals surface area contributed by atoms with Crippen LogP contribution in [0.15, 0.2) is 18.2 Å². The summed E-state index contributed by atoms with van der Waals surface area (Å²) in [5.74, 6) is 3.82. The number of nitrogens with one attached hydrogen (secondary N) is 1. The predicted octanol–water partition coefficient (Wildman–Crippen LogP) is 0.650. The fraction of sp³-hybridized carbons (Fsp3) is 0.417. The van der Waals surface area contributed by atoms with Crippen LogP contribution in [-0.4, -0.2) is 29.6 Å². The van der Waals surface area contributed by atoms with E-state index in [1.807, 2.05) is 5.43 Å². The highest BCUT2D eigenvalue weighted by Gasteiger charge is 2.31. The van der Waals surface area contributed by atoms with Gasteiger partial charge in [0.05, 0.1) is 17.1 Å². The van der Waals surface area contributed by atoms with E-state index in [-0.39, 0.29) is 18.5 Å². The van der Waals surface area contributed by atoms with Crippen molar-refractivity contribution in [1.82, 2.24) is 5.43 Å². The minimum atomic E-state index is -0.724. The quantitative estimate of drug-likeness (QED) is 0.357. The van der Waals surface area contributed by atoms with E-state index in [2.05, 4.69) is 0 Å². The van der Waals surface area contributed by atoms with E-state index in [0.717, 1.165) is 12.1 Å². The van der Waals surface area contributed by atoms with Crippen LogP contribution >= 0.6 is 0 Å². The Morgan fingerprint density at radius 2 is 2.33 bits per heavy atom. The maximum Gasteiger partial charge on any atom is 0.313 e. The van der Waals surface area contributed by atoms with Gasteiger partial charge in [-0.2, -0.15) is 0 Å². The number of amides is 1. The number of ether oxygens (including phenoxy) is 2. The molecule has 2 rings (SSSR count). The first kappa shape index (κ1) is 15.1. The monoisotopic (exact) mass is 299 g/mol. The van der Waals surface area contributed by atoms with Gasteiger partial charge in [0.25, 0.3) is 5.91 Å². The molecule has 1 aliphatic heterocycles. The molecule has 0 aromatic heterocycles. The van der Waals surface area contributed by atoms with Crippen LogP contribution in [0.3, 0.4) is 0 Å². The van der Waals surface area contributed by atoms with Crippen LogP contribution in [0.25, 0.3) is 0 Å². The molecule has 1 aromatic carbocycles. The number of nitrogens with zero attached hydrogens (tertiary/aromatic N) is 1. The second kappa shape index (κ2) is 6.46. The third-order valence-corrected chi connectivity index (χ3v) is 3.08. The Balaban J connectivity index is 1.95. The molecular weight excluding hydrogens is 285 g/mol. The highest BCUT2D eigenvalue weighted by Crippen LogP contribution is 2.28. The van der Waals surface area contributed by atoms with Crippen LogP contribution in [0, 0.1) is 15.9 Å². The number of rotatable bonds is 5. The van der Waals surface area contributed by atoms with Gasteiger partial charge in [-0.1, -0.05) is 0 Å². The number of hydrazine groups is 1. The van der Waals surface area contributed by atoms with Gasteiger partial charge in [0.1, 0.15) is 18.5 Å². The molecule has 2 unspecified atom stereocenters. The molecule has 0 radical (unpaired) electrons. The molecule has 0 spiro atoms. The molecule has 1 saturated heterocycles. The van der Waals surface area contributed by atoms with Crippen LogP contribution in [-0.2, 0) is 9.53 Å². The van der Waals surface area contributed by atoms with Gasteiger partial charge in [-0.3, -0.25) is 20.3 Å².